The summed E-state index contributed by atoms with van der Waals surface area (Å²) < 4.78 is 41.9. The number of amides is 2. The predicted molar refractivity (Wildman–Crippen MR) is 125 cm³/mol. The van der Waals surface area contributed by atoms with Crippen LogP contribution in [0.5, 0.6) is 0 Å². The Bertz CT molecular complexity index is 1230. The molecule has 5 rings (SSSR count). The van der Waals surface area contributed by atoms with E-state index in [-0.39, 0.29) is 27.2 Å². The van der Waals surface area contributed by atoms with Crippen LogP contribution in [0.1, 0.15) is 25.6 Å². The summed E-state index contributed by atoms with van der Waals surface area (Å²) in [5.41, 5.74) is -0.252. The average molecular weight is 508 g/mol. The Morgan fingerprint density at radius 1 is 0.912 bits per heavy atom. The molecule has 0 spiro atoms. The normalized spacial score (nSPS) is 17.8. The number of fused-ring (bicyclic) bond motifs is 1. The van der Waals surface area contributed by atoms with Crippen LogP contribution in [0.4, 0.5) is 13.2 Å². The van der Waals surface area contributed by atoms with Gasteiger partial charge in [-0.25, -0.2) is 0 Å². The molecule has 2 amide bonds. The van der Waals surface area contributed by atoms with Crippen molar-refractivity contribution < 1.29 is 22.8 Å². The standard InChI is InChI=1S/C24H21ClF3N3O2S/c25-16-6-7-19-18(12-16)20(24(26,27)28)21(34-19)23(33)31-13-17(14-31)29-8-10-30(11-9-29)22(32)15-4-2-1-3-5-15/h1-7,12,17H,8-11,13-14H2. The van der Waals surface area contributed by atoms with Gasteiger partial charge in [-0.15, -0.1) is 11.3 Å². The van der Waals surface area contributed by atoms with Gasteiger partial charge in [-0.3, -0.25) is 14.5 Å². The second kappa shape index (κ2) is 8.87. The molecule has 0 aliphatic carbocycles. The predicted octanol–water partition coefficient (Wildman–Crippen LogP) is 4.86. The Balaban J connectivity index is 1.23. The van der Waals surface area contributed by atoms with E-state index in [1.54, 1.807) is 12.1 Å². The zero-order valence-corrected chi connectivity index (χ0v) is 19.6. The Morgan fingerprint density at radius 2 is 1.59 bits per heavy atom. The molecule has 5 nitrogen and oxygen atoms in total. The monoisotopic (exact) mass is 507 g/mol. The van der Waals surface area contributed by atoms with Crippen LogP contribution in [-0.4, -0.2) is 71.8 Å². The molecular formula is C24H21ClF3N3O2S. The Labute approximate surface area is 203 Å². The summed E-state index contributed by atoms with van der Waals surface area (Å²) in [5.74, 6) is -0.603. The van der Waals surface area contributed by atoms with Crippen LogP contribution in [0.15, 0.2) is 48.5 Å². The highest BCUT2D eigenvalue weighted by molar-refractivity contribution is 7.21. The molecule has 0 unspecified atom stereocenters. The van der Waals surface area contributed by atoms with E-state index < -0.39 is 17.6 Å². The number of rotatable bonds is 3. The highest BCUT2D eigenvalue weighted by atomic mass is 35.5. The Hall–Kier alpha value is -2.62. The van der Waals surface area contributed by atoms with Gasteiger partial charge < -0.3 is 9.80 Å². The van der Waals surface area contributed by atoms with Crippen LogP contribution >= 0.6 is 22.9 Å². The third kappa shape index (κ3) is 4.28. The van der Waals surface area contributed by atoms with E-state index >= 15 is 0 Å². The summed E-state index contributed by atoms with van der Waals surface area (Å²) in [6.45, 7) is 3.23. The highest BCUT2D eigenvalue weighted by Crippen LogP contribution is 2.44. The second-order valence-corrected chi connectivity index (χ2v) is 9.99. The van der Waals surface area contributed by atoms with Gasteiger partial charge in [-0.05, 0) is 30.3 Å². The van der Waals surface area contributed by atoms with Gasteiger partial charge in [-0.2, -0.15) is 13.2 Å². The maximum absolute atomic E-state index is 13.8. The van der Waals surface area contributed by atoms with Gasteiger partial charge in [0.05, 0.1) is 5.56 Å². The fraction of sp³-hybridized carbons (Fsp3) is 0.333. The summed E-state index contributed by atoms with van der Waals surface area (Å²) in [4.78, 5) is 30.8. The molecule has 34 heavy (non-hydrogen) atoms. The number of piperazine rings is 1. The van der Waals surface area contributed by atoms with E-state index in [2.05, 4.69) is 4.90 Å². The van der Waals surface area contributed by atoms with Crippen molar-refractivity contribution in [2.24, 2.45) is 0 Å². The zero-order chi connectivity index (χ0) is 24.0. The van der Waals surface area contributed by atoms with Crippen molar-refractivity contribution >= 4 is 44.8 Å². The molecule has 0 saturated carbocycles. The van der Waals surface area contributed by atoms with E-state index in [0.29, 0.717) is 49.5 Å². The fourth-order valence-corrected chi connectivity index (χ4v) is 5.89. The Morgan fingerprint density at radius 3 is 2.24 bits per heavy atom. The number of nitrogens with zero attached hydrogens (tertiary/aromatic N) is 3. The first kappa shape index (κ1) is 23.1. The first-order valence-corrected chi connectivity index (χ1v) is 12.1. The molecule has 178 valence electrons. The lowest BCUT2D eigenvalue weighted by Gasteiger charge is -2.48. The van der Waals surface area contributed by atoms with Crippen LogP contribution in [0.3, 0.4) is 0 Å². The van der Waals surface area contributed by atoms with Gasteiger partial charge in [0.2, 0.25) is 0 Å². The van der Waals surface area contributed by atoms with Crippen LogP contribution in [-0.2, 0) is 6.18 Å². The molecule has 3 aromatic rings. The number of alkyl halides is 3. The number of hydrogen-bond acceptors (Lipinski definition) is 4. The molecule has 2 aliphatic heterocycles. The summed E-state index contributed by atoms with van der Waals surface area (Å²) in [6.07, 6.45) is -4.65. The van der Waals surface area contributed by atoms with Crippen molar-refractivity contribution in [2.75, 3.05) is 39.3 Å². The summed E-state index contributed by atoms with van der Waals surface area (Å²) in [5, 5.41) is 0.160. The molecule has 0 radical (unpaired) electrons. The number of carbonyl (C=O) groups excluding carboxylic acids is 2. The number of benzene rings is 2. The van der Waals surface area contributed by atoms with Crippen LogP contribution in [0.25, 0.3) is 10.1 Å². The summed E-state index contributed by atoms with van der Waals surface area (Å²) in [6, 6.07) is 13.5. The van der Waals surface area contributed by atoms with Gasteiger partial charge in [0.15, 0.2) is 0 Å². The largest absolute Gasteiger partial charge is 0.418 e. The number of hydrogen-bond donors (Lipinski definition) is 0. The SMILES string of the molecule is O=C(c1ccccc1)N1CCN(C2CN(C(=O)c3sc4ccc(Cl)cc4c3C(F)(F)F)C2)CC1. The molecule has 0 N–H and O–H groups in total. The molecule has 2 aromatic carbocycles. The lowest BCUT2D eigenvalue weighted by atomic mass is 10.0. The topological polar surface area (TPSA) is 43.9 Å². The molecule has 2 fully saturated rings. The van der Waals surface area contributed by atoms with Crippen LogP contribution in [0, 0.1) is 0 Å². The molecule has 0 bridgehead atoms. The molecule has 2 aliphatic rings. The molecule has 3 heterocycles. The summed E-state index contributed by atoms with van der Waals surface area (Å²) >= 11 is 6.77. The number of likely N-dealkylation sites (tertiary alicyclic amines) is 1. The lowest BCUT2D eigenvalue weighted by molar-refractivity contribution is -0.136. The van der Waals surface area contributed by atoms with Gasteiger partial charge in [0, 0.05) is 66.0 Å². The summed E-state index contributed by atoms with van der Waals surface area (Å²) in [7, 11) is 0. The first-order valence-electron chi connectivity index (χ1n) is 10.9. The lowest BCUT2D eigenvalue weighted by Crippen LogP contribution is -2.64. The maximum atomic E-state index is 13.8. The average Bonchev–Trinajstić information content (AvgIpc) is 3.18. The van der Waals surface area contributed by atoms with E-state index in [9.17, 15) is 22.8 Å². The number of carbonyl (C=O) groups is 2. The fourth-order valence-electron chi connectivity index (χ4n) is 4.55. The molecule has 10 heteroatoms. The van der Waals surface area contributed by atoms with E-state index in [0.717, 1.165) is 11.3 Å². The minimum atomic E-state index is -4.65. The van der Waals surface area contributed by atoms with Gasteiger partial charge in [-0.1, -0.05) is 29.8 Å². The third-order valence-electron chi connectivity index (χ3n) is 6.42. The van der Waals surface area contributed by atoms with Crippen molar-refractivity contribution in [3.05, 3.63) is 69.6 Å². The number of thiophene rings is 1. The molecule has 2 saturated heterocycles. The molecular weight excluding hydrogens is 487 g/mol. The first-order chi connectivity index (χ1) is 16.2. The minimum Gasteiger partial charge on any atom is -0.336 e. The minimum absolute atomic E-state index is 0.00444. The zero-order valence-electron chi connectivity index (χ0n) is 18.0. The van der Waals surface area contributed by atoms with E-state index in [1.165, 1.54) is 23.1 Å². The van der Waals surface area contributed by atoms with E-state index in [1.807, 2.05) is 23.1 Å². The molecule has 0 atom stereocenters. The van der Waals surface area contributed by atoms with Crippen molar-refractivity contribution in [3.8, 4) is 0 Å². The van der Waals surface area contributed by atoms with Crippen molar-refractivity contribution in [2.45, 2.75) is 12.2 Å². The smallest absolute Gasteiger partial charge is 0.336 e. The van der Waals surface area contributed by atoms with Crippen LogP contribution in [0.2, 0.25) is 5.02 Å². The van der Waals surface area contributed by atoms with Crippen LogP contribution < -0.4 is 0 Å². The van der Waals surface area contributed by atoms with E-state index in [4.69, 9.17) is 11.6 Å². The Kier molecular flexibility index (Phi) is 6.03. The second-order valence-electron chi connectivity index (χ2n) is 8.50. The molecule has 1 aromatic heterocycles. The van der Waals surface area contributed by atoms with Gasteiger partial charge >= 0.3 is 6.18 Å². The van der Waals surface area contributed by atoms with Crippen molar-refractivity contribution in [3.63, 3.8) is 0 Å². The van der Waals surface area contributed by atoms with Gasteiger partial charge in [0.1, 0.15) is 4.88 Å². The number of halogens is 4. The maximum Gasteiger partial charge on any atom is 0.418 e. The van der Waals surface area contributed by atoms with Crippen molar-refractivity contribution in [1.29, 1.82) is 0 Å². The quantitative estimate of drug-likeness (QED) is 0.509. The van der Waals surface area contributed by atoms with Gasteiger partial charge in [0.25, 0.3) is 11.8 Å². The third-order valence-corrected chi connectivity index (χ3v) is 7.81. The highest BCUT2D eigenvalue weighted by Gasteiger charge is 2.43. The van der Waals surface area contributed by atoms with Crippen molar-refractivity contribution in [1.82, 2.24) is 14.7 Å².